The Morgan fingerprint density at radius 1 is 1.62 bits per heavy atom. The van der Waals surface area contributed by atoms with Gasteiger partial charge in [0, 0.05) is 18.0 Å². The van der Waals surface area contributed by atoms with Crippen molar-refractivity contribution in [3.05, 3.63) is 11.6 Å². The molecule has 1 aromatic heterocycles. The lowest BCUT2D eigenvalue weighted by Gasteiger charge is -2.06. The Morgan fingerprint density at radius 3 is 3.00 bits per heavy atom. The zero-order chi connectivity index (χ0) is 11.5. The van der Waals surface area contributed by atoms with E-state index in [4.69, 9.17) is 9.94 Å². The number of nitrogens with one attached hydrogen (secondary N) is 1. The monoisotopic (exact) mass is 241 g/mol. The van der Waals surface area contributed by atoms with Crippen LogP contribution in [-0.2, 0) is 14.4 Å². The highest BCUT2D eigenvalue weighted by Gasteiger charge is 2.31. The van der Waals surface area contributed by atoms with E-state index in [1.807, 2.05) is 0 Å². The Hall–Kier alpha value is -1.96. The first-order valence-corrected chi connectivity index (χ1v) is 5.21. The fraction of sp³-hybridized carbons (Fsp3) is 0.250. The molecule has 2 N–H and O–H groups in total. The number of rotatable bonds is 3. The number of aliphatic carboxylic acids is 1. The first kappa shape index (κ1) is 10.6. The van der Waals surface area contributed by atoms with Crippen LogP contribution in [0.1, 0.15) is 6.42 Å². The molecule has 1 aliphatic heterocycles. The highest BCUT2D eigenvalue weighted by molar-refractivity contribution is 7.13. The number of carbonyl (C=O) groups is 2. The summed E-state index contributed by atoms with van der Waals surface area (Å²) < 4.78 is 0. The molecule has 8 heteroatoms. The number of anilines is 1. The number of carboxylic acids is 1. The maximum Gasteiger partial charge on any atom is 0.353 e. The molecule has 1 atom stereocenters. The average Bonchev–Trinajstić information content (AvgIpc) is 2.86. The fourth-order valence-electron chi connectivity index (χ4n) is 1.12. The van der Waals surface area contributed by atoms with E-state index < -0.39 is 18.0 Å². The van der Waals surface area contributed by atoms with Crippen LogP contribution in [0.2, 0.25) is 0 Å². The smallest absolute Gasteiger partial charge is 0.353 e. The lowest BCUT2D eigenvalue weighted by atomic mass is 10.2. The predicted molar refractivity (Wildman–Crippen MR) is 55.3 cm³/mol. The number of aromatic nitrogens is 1. The summed E-state index contributed by atoms with van der Waals surface area (Å²) in [6.07, 6.45) is 0.622. The lowest BCUT2D eigenvalue weighted by molar-refractivity contribution is -0.129. The van der Waals surface area contributed by atoms with Gasteiger partial charge < -0.3 is 9.94 Å². The van der Waals surface area contributed by atoms with Crippen molar-refractivity contribution in [1.29, 1.82) is 0 Å². The zero-order valence-electron chi connectivity index (χ0n) is 7.91. The second-order valence-electron chi connectivity index (χ2n) is 2.97. The number of carbonyl (C=O) groups excluding carboxylic acids is 1. The molecule has 0 fully saturated rings. The summed E-state index contributed by atoms with van der Waals surface area (Å²) in [5.74, 6) is -1.63. The summed E-state index contributed by atoms with van der Waals surface area (Å²) in [4.78, 5) is 30.6. The molecule has 0 saturated carbocycles. The van der Waals surface area contributed by atoms with E-state index in [2.05, 4.69) is 15.5 Å². The van der Waals surface area contributed by atoms with Gasteiger partial charge in [0.05, 0.1) is 0 Å². The minimum atomic E-state index is -1.18. The maximum atomic E-state index is 11.5. The third-order valence-corrected chi connectivity index (χ3v) is 2.56. The lowest BCUT2D eigenvalue weighted by Crippen LogP contribution is -2.28. The van der Waals surface area contributed by atoms with Gasteiger partial charge in [0.1, 0.15) is 0 Å². The van der Waals surface area contributed by atoms with Crippen molar-refractivity contribution >= 4 is 34.1 Å². The van der Waals surface area contributed by atoms with Gasteiger partial charge >= 0.3 is 5.97 Å². The summed E-state index contributed by atoms with van der Waals surface area (Å²) in [6, 6.07) is 0. The van der Waals surface area contributed by atoms with Gasteiger partial charge in [0.2, 0.25) is 6.10 Å². The first-order valence-electron chi connectivity index (χ1n) is 4.33. The van der Waals surface area contributed by atoms with Crippen molar-refractivity contribution < 1.29 is 19.5 Å². The molecule has 0 spiro atoms. The van der Waals surface area contributed by atoms with Crippen molar-refractivity contribution in [2.45, 2.75) is 12.5 Å². The zero-order valence-corrected chi connectivity index (χ0v) is 8.73. The van der Waals surface area contributed by atoms with Crippen LogP contribution in [0.4, 0.5) is 5.13 Å². The van der Waals surface area contributed by atoms with Gasteiger partial charge in [0.15, 0.2) is 10.8 Å². The molecule has 1 aliphatic rings. The van der Waals surface area contributed by atoms with Crippen molar-refractivity contribution in [3.63, 3.8) is 0 Å². The highest BCUT2D eigenvalue weighted by atomic mass is 32.1. The Balaban J connectivity index is 1.92. The van der Waals surface area contributed by atoms with E-state index in [1.165, 1.54) is 11.3 Å². The summed E-state index contributed by atoms with van der Waals surface area (Å²) in [6.45, 7) is 0. The van der Waals surface area contributed by atoms with Gasteiger partial charge in [-0.3, -0.25) is 10.1 Å². The van der Waals surface area contributed by atoms with Gasteiger partial charge in [-0.1, -0.05) is 5.16 Å². The van der Waals surface area contributed by atoms with Crippen LogP contribution in [-0.4, -0.2) is 33.8 Å². The van der Waals surface area contributed by atoms with Crippen LogP contribution in [0, 0.1) is 0 Å². The molecule has 2 rings (SSSR count). The summed E-state index contributed by atoms with van der Waals surface area (Å²) in [5.41, 5.74) is -0.153. The van der Waals surface area contributed by atoms with Crippen molar-refractivity contribution in [3.8, 4) is 0 Å². The van der Waals surface area contributed by atoms with Gasteiger partial charge in [-0.05, 0) is 0 Å². The van der Waals surface area contributed by atoms with Crippen molar-refractivity contribution in [1.82, 2.24) is 4.98 Å². The summed E-state index contributed by atoms with van der Waals surface area (Å²) in [7, 11) is 0. The molecule has 1 unspecified atom stereocenters. The third kappa shape index (κ3) is 2.16. The number of hydrogen-bond donors (Lipinski definition) is 2. The number of carboxylic acid groups (broad SMARTS) is 1. The SMILES string of the molecule is O=C(O)C1=NOC(C(=O)Nc2nccs2)C1. The largest absolute Gasteiger partial charge is 0.477 e. The Morgan fingerprint density at radius 2 is 2.44 bits per heavy atom. The highest BCUT2D eigenvalue weighted by Crippen LogP contribution is 2.15. The second-order valence-corrected chi connectivity index (χ2v) is 3.86. The van der Waals surface area contributed by atoms with Gasteiger partial charge in [-0.2, -0.15) is 0 Å². The van der Waals surface area contributed by atoms with E-state index in [0.29, 0.717) is 5.13 Å². The van der Waals surface area contributed by atoms with Gasteiger partial charge in [-0.15, -0.1) is 11.3 Å². The van der Waals surface area contributed by atoms with Crippen LogP contribution in [0.3, 0.4) is 0 Å². The molecule has 2 heterocycles. The summed E-state index contributed by atoms with van der Waals surface area (Å²) >= 11 is 1.26. The third-order valence-electron chi connectivity index (χ3n) is 1.87. The summed E-state index contributed by atoms with van der Waals surface area (Å²) in [5, 5.41) is 16.6. The Kier molecular flexibility index (Phi) is 2.82. The molecule has 0 aromatic carbocycles. The van der Waals surface area contributed by atoms with Gasteiger partial charge in [0.25, 0.3) is 5.91 Å². The number of hydrogen-bond acceptors (Lipinski definition) is 6. The normalized spacial score (nSPS) is 18.8. The molecular weight excluding hydrogens is 234 g/mol. The van der Waals surface area contributed by atoms with E-state index in [-0.39, 0.29) is 12.1 Å². The maximum absolute atomic E-state index is 11.5. The first-order chi connectivity index (χ1) is 7.66. The van der Waals surface area contributed by atoms with E-state index in [1.54, 1.807) is 11.6 Å². The molecule has 0 saturated heterocycles. The van der Waals surface area contributed by atoms with Gasteiger partial charge in [-0.25, -0.2) is 9.78 Å². The molecule has 0 radical (unpaired) electrons. The predicted octanol–water partition coefficient (Wildman–Crippen LogP) is 0.311. The standard InChI is InChI=1S/C8H7N3O4S/c12-6(10-8-9-1-2-16-8)5-3-4(7(13)14)11-15-5/h1-2,5H,3H2,(H,13,14)(H,9,10,12). The van der Waals surface area contributed by atoms with Crippen LogP contribution in [0.5, 0.6) is 0 Å². The number of thiazole rings is 1. The fourth-order valence-corrected chi connectivity index (χ4v) is 1.65. The van der Waals surface area contributed by atoms with Crippen LogP contribution in [0.15, 0.2) is 16.7 Å². The van der Waals surface area contributed by atoms with E-state index >= 15 is 0 Å². The second kappa shape index (κ2) is 4.27. The average molecular weight is 241 g/mol. The van der Waals surface area contributed by atoms with Crippen molar-refractivity contribution in [2.24, 2.45) is 5.16 Å². The minimum absolute atomic E-state index is 0.0352. The molecule has 16 heavy (non-hydrogen) atoms. The minimum Gasteiger partial charge on any atom is -0.477 e. The molecule has 84 valence electrons. The van der Waals surface area contributed by atoms with Crippen molar-refractivity contribution in [2.75, 3.05) is 5.32 Å². The molecule has 1 aromatic rings. The molecule has 1 amide bonds. The topological polar surface area (TPSA) is 101 Å². The Labute approximate surface area is 93.7 Å². The quantitative estimate of drug-likeness (QED) is 0.793. The number of nitrogens with zero attached hydrogens (tertiary/aromatic N) is 2. The number of amides is 1. The molecule has 7 nitrogen and oxygen atoms in total. The molecular formula is C8H7N3O4S. The molecule has 0 bridgehead atoms. The van der Waals surface area contributed by atoms with Crippen LogP contribution < -0.4 is 5.32 Å². The number of oxime groups is 1. The van der Waals surface area contributed by atoms with Crippen LogP contribution >= 0.6 is 11.3 Å². The molecule has 0 aliphatic carbocycles. The van der Waals surface area contributed by atoms with E-state index in [0.717, 1.165) is 0 Å². The Bertz CT molecular complexity index is 442. The van der Waals surface area contributed by atoms with Crippen LogP contribution in [0.25, 0.3) is 0 Å². The van der Waals surface area contributed by atoms with E-state index in [9.17, 15) is 9.59 Å².